The van der Waals surface area contributed by atoms with E-state index in [4.69, 9.17) is 0 Å². The molecule has 2 unspecified atom stereocenters. The number of benzene rings is 1. The second-order valence-electron chi connectivity index (χ2n) is 5.78. The predicted molar refractivity (Wildman–Crippen MR) is 75.1 cm³/mol. The normalized spacial score (nSPS) is 28.7. The van der Waals surface area contributed by atoms with Gasteiger partial charge in [-0.2, -0.15) is 0 Å². The van der Waals surface area contributed by atoms with E-state index in [0.717, 1.165) is 19.6 Å². The molecule has 2 saturated heterocycles. The van der Waals surface area contributed by atoms with Crippen molar-refractivity contribution in [2.45, 2.75) is 6.54 Å². The van der Waals surface area contributed by atoms with Gasteiger partial charge in [0.2, 0.25) is 10.0 Å². The Balaban J connectivity index is 1.60. The lowest BCUT2D eigenvalue weighted by molar-refractivity contribution is 0.290. The smallest absolute Gasteiger partial charge is 0.211 e. The van der Waals surface area contributed by atoms with Gasteiger partial charge < -0.3 is 0 Å². The van der Waals surface area contributed by atoms with Gasteiger partial charge in [0.15, 0.2) is 0 Å². The highest BCUT2D eigenvalue weighted by Crippen LogP contribution is 2.32. The average molecular weight is 280 g/mol. The lowest BCUT2D eigenvalue weighted by atomic mass is 10.0. The molecule has 0 bridgehead atoms. The molecule has 19 heavy (non-hydrogen) atoms. The van der Waals surface area contributed by atoms with E-state index in [9.17, 15) is 8.42 Å². The largest absolute Gasteiger partial charge is 0.298 e. The first kappa shape index (κ1) is 13.1. The van der Waals surface area contributed by atoms with Crippen molar-refractivity contribution in [3.05, 3.63) is 35.9 Å². The Morgan fingerprint density at radius 3 is 2.16 bits per heavy atom. The Hall–Kier alpha value is -0.910. The molecule has 0 radical (unpaired) electrons. The molecule has 2 heterocycles. The van der Waals surface area contributed by atoms with Crippen molar-refractivity contribution in [2.75, 3.05) is 32.4 Å². The van der Waals surface area contributed by atoms with Crippen molar-refractivity contribution in [1.82, 2.24) is 9.21 Å². The summed E-state index contributed by atoms with van der Waals surface area (Å²) in [6.07, 6.45) is 1.32. The zero-order chi connectivity index (χ0) is 13.5. The van der Waals surface area contributed by atoms with Crippen LogP contribution < -0.4 is 0 Å². The van der Waals surface area contributed by atoms with Crippen LogP contribution in [0.5, 0.6) is 0 Å². The molecule has 0 N–H and O–H groups in total. The standard InChI is InChI=1S/C14H20N2O2S/c1-19(17,18)16-10-13-8-15(9-14(13)11-16)7-12-5-3-2-4-6-12/h2-6,13-14H,7-11H2,1H3. The molecule has 0 amide bonds. The fourth-order valence-corrected chi connectivity index (χ4v) is 4.21. The van der Waals surface area contributed by atoms with Crippen molar-refractivity contribution in [3.8, 4) is 0 Å². The van der Waals surface area contributed by atoms with E-state index >= 15 is 0 Å². The molecule has 0 aliphatic carbocycles. The number of fused-ring (bicyclic) bond motifs is 1. The van der Waals surface area contributed by atoms with E-state index in [2.05, 4.69) is 29.2 Å². The molecule has 0 saturated carbocycles. The predicted octanol–water partition coefficient (Wildman–Crippen LogP) is 1.01. The minimum absolute atomic E-state index is 0.512. The molecule has 104 valence electrons. The van der Waals surface area contributed by atoms with Gasteiger partial charge in [-0.1, -0.05) is 30.3 Å². The van der Waals surface area contributed by atoms with Gasteiger partial charge in [-0.15, -0.1) is 0 Å². The summed E-state index contributed by atoms with van der Waals surface area (Å²) < 4.78 is 24.7. The number of nitrogens with zero attached hydrogens (tertiary/aromatic N) is 2. The molecule has 5 heteroatoms. The minimum atomic E-state index is -3.01. The van der Waals surface area contributed by atoms with Gasteiger partial charge in [0.05, 0.1) is 6.26 Å². The topological polar surface area (TPSA) is 40.6 Å². The molecule has 1 aromatic rings. The third kappa shape index (κ3) is 2.83. The first-order valence-electron chi connectivity index (χ1n) is 6.74. The van der Waals surface area contributed by atoms with Crippen molar-refractivity contribution in [3.63, 3.8) is 0 Å². The summed E-state index contributed by atoms with van der Waals surface area (Å²) in [5.74, 6) is 1.02. The SMILES string of the molecule is CS(=O)(=O)N1CC2CN(Cc3ccccc3)CC2C1. The van der Waals surface area contributed by atoms with Crippen LogP contribution in [0, 0.1) is 11.8 Å². The minimum Gasteiger partial charge on any atom is -0.298 e. The molecule has 4 nitrogen and oxygen atoms in total. The van der Waals surface area contributed by atoms with Crippen LogP contribution >= 0.6 is 0 Å². The molecule has 0 spiro atoms. The Kier molecular flexibility index (Phi) is 3.37. The van der Waals surface area contributed by atoms with Crippen LogP contribution in [0.1, 0.15) is 5.56 Å². The zero-order valence-electron chi connectivity index (χ0n) is 11.2. The molecular formula is C14H20N2O2S. The Morgan fingerprint density at radius 2 is 1.63 bits per heavy atom. The van der Waals surface area contributed by atoms with Crippen LogP contribution in [0.25, 0.3) is 0 Å². The molecule has 3 rings (SSSR count). The summed E-state index contributed by atoms with van der Waals surface area (Å²) >= 11 is 0. The molecule has 0 aromatic heterocycles. The van der Waals surface area contributed by atoms with E-state index in [0.29, 0.717) is 24.9 Å². The first-order chi connectivity index (χ1) is 9.02. The fraction of sp³-hybridized carbons (Fsp3) is 0.571. The summed E-state index contributed by atoms with van der Waals surface area (Å²) in [7, 11) is -3.01. The first-order valence-corrected chi connectivity index (χ1v) is 8.58. The number of likely N-dealkylation sites (tertiary alicyclic amines) is 1. The Morgan fingerprint density at radius 1 is 1.05 bits per heavy atom. The maximum absolute atomic E-state index is 11.5. The van der Waals surface area contributed by atoms with E-state index in [1.165, 1.54) is 11.8 Å². The van der Waals surface area contributed by atoms with Crippen LogP contribution in [0.4, 0.5) is 0 Å². The van der Waals surface area contributed by atoms with Crippen LogP contribution in [-0.4, -0.2) is 50.1 Å². The second kappa shape index (κ2) is 4.89. The van der Waals surface area contributed by atoms with E-state index < -0.39 is 10.0 Å². The third-order valence-corrected chi connectivity index (χ3v) is 5.48. The lowest BCUT2D eigenvalue weighted by Gasteiger charge is -2.20. The van der Waals surface area contributed by atoms with Crippen LogP contribution in [0.15, 0.2) is 30.3 Å². The van der Waals surface area contributed by atoms with Crippen LogP contribution in [0.3, 0.4) is 0 Å². The van der Waals surface area contributed by atoms with Gasteiger partial charge in [-0.3, -0.25) is 4.90 Å². The highest BCUT2D eigenvalue weighted by Gasteiger charge is 2.42. The second-order valence-corrected chi connectivity index (χ2v) is 7.76. The summed E-state index contributed by atoms with van der Waals surface area (Å²) in [6.45, 7) is 4.42. The Bertz CT molecular complexity index is 530. The fourth-order valence-electron chi connectivity index (χ4n) is 3.29. The van der Waals surface area contributed by atoms with Gasteiger partial charge in [-0.05, 0) is 17.4 Å². The van der Waals surface area contributed by atoms with Crippen LogP contribution in [0.2, 0.25) is 0 Å². The van der Waals surface area contributed by atoms with E-state index in [1.807, 2.05) is 6.07 Å². The van der Waals surface area contributed by atoms with Gasteiger partial charge in [-0.25, -0.2) is 12.7 Å². The maximum Gasteiger partial charge on any atom is 0.211 e. The van der Waals surface area contributed by atoms with E-state index in [1.54, 1.807) is 4.31 Å². The van der Waals surface area contributed by atoms with Gasteiger partial charge in [0, 0.05) is 32.7 Å². The lowest BCUT2D eigenvalue weighted by Crippen LogP contribution is -2.32. The number of rotatable bonds is 3. The highest BCUT2D eigenvalue weighted by atomic mass is 32.2. The monoisotopic (exact) mass is 280 g/mol. The summed E-state index contributed by atoms with van der Waals surface area (Å²) in [6, 6.07) is 10.5. The van der Waals surface area contributed by atoms with Crippen molar-refractivity contribution < 1.29 is 8.42 Å². The quantitative estimate of drug-likeness (QED) is 0.830. The third-order valence-electron chi connectivity index (χ3n) is 4.25. The number of sulfonamides is 1. The molecule has 2 fully saturated rings. The van der Waals surface area contributed by atoms with E-state index in [-0.39, 0.29) is 0 Å². The maximum atomic E-state index is 11.5. The molecule has 2 aliphatic heterocycles. The molecular weight excluding hydrogens is 260 g/mol. The van der Waals surface area contributed by atoms with Crippen molar-refractivity contribution >= 4 is 10.0 Å². The van der Waals surface area contributed by atoms with Gasteiger partial charge in [0.25, 0.3) is 0 Å². The summed E-state index contributed by atoms with van der Waals surface area (Å²) in [4.78, 5) is 2.45. The summed E-state index contributed by atoms with van der Waals surface area (Å²) in [5.41, 5.74) is 1.34. The van der Waals surface area contributed by atoms with Crippen molar-refractivity contribution in [1.29, 1.82) is 0 Å². The van der Waals surface area contributed by atoms with Crippen molar-refractivity contribution in [2.24, 2.45) is 11.8 Å². The number of hydrogen-bond donors (Lipinski definition) is 0. The zero-order valence-corrected chi connectivity index (χ0v) is 12.0. The highest BCUT2D eigenvalue weighted by molar-refractivity contribution is 7.88. The average Bonchev–Trinajstić information content (AvgIpc) is 2.87. The van der Waals surface area contributed by atoms with Crippen LogP contribution in [-0.2, 0) is 16.6 Å². The van der Waals surface area contributed by atoms with Gasteiger partial charge in [0.1, 0.15) is 0 Å². The Labute approximate surface area is 115 Å². The molecule has 1 aromatic carbocycles. The van der Waals surface area contributed by atoms with Gasteiger partial charge >= 0.3 is 0 Å². The molecule has 2 aliphatic rings. The molecule has 2 atom stereocenters. The number of hydrogen-bond acceptors (Lipinski definition) is 3. The summed E-state index contributed by atoms with van der Waals surface area (Å²) in [5, 5.41) is 0.